The smallest absolute Gasteiger partial charge is 0.280 e. The van der Waals surface area contributed by atoms with Gasteiger partial charge in [0, 0.05) is 34.3 Å². The number of hydrogen-bond acceptors (Lipinski definition) is 7. The summed E-state index contributed by atoms with van der Waals surface area (Å²) in [5.41, 5.74) is 4.94. The van der Waals surface area contributed by atoms with Gasteiger partial charge < -0.3 is 5.11 Å². The van der Waals surface area contributed by atoms with Gasteiger partial charge in [-0.15, -0.1) is 11.3 Å². The maximum Gasteiger partial charge on any atom is 0.280 e. The Hall–Kier alpha value is -2.36. The summed E-state index contributed by atoms with van der Waals surface area (Å²) in [6, 6.07) is 8.56. The molecule has 0 bridgehead atoms. The van der Waals surface area contributed by atoms with E-state index < -0.39 is 12.7 Å². The summed E-state index contributed by atoms with van der Waals surface area (Å²) in [7, 11) is 0. The predicted molar refractivity (Wildman–Crippen MR) is 137 cm³/mol. The van der Waals surface area contributed by atoms with E-state index >= 15 is 0 Å². The van der Waals surface area contributed by atoms with Crippen molar-refractivity contribution in [3.63, 3.8) is 0 Å². The van der Waals surface area contributed by atoms with Gasteiger partial charge in [-0.3, -0.25) is 10.3 Å². The van der Waals surface area contributed by atoms with Crippen LogP contribution in [0.15, 0.2) is 46.0 Å². The number of halogens is 2. The van der Waals surface area contributed by atoms with Crippen LogP contribution < -0.4 is 5.43 Å². The molecule has 1 saturated heterocycles. The third-order valence-electron chi connectivity index (χ3n) is 6.40. The highest BCUT2D eigenvalue weighted by Gasteiger charge is 2.38. The molecule has 3 aliphatic heterocycles. The van der Waals surface area contributed by atoms with Crippen LogP contribution in [0.25, 0.3) is 10.1 Å². The molecule has 3 aliphatic rings. The first-order valence-corrected chi connectivity index (χ1v) is 12.6. The Kier molecular flexibility index (Phi) is 9.16. The largest absolute Gasteiger partial charge is 0.381 e. The Labute approximate surface area is 204 Å². The molecule has 3 unspecified atom stereocenters. The molecule has 34 heavy (non-hydrogen) atoms. The zero-order valence-electron chi connectivity index (χ0n) is 20.5. The fraction of sp³-hybridized carbons (Fsp3) is 0.520. The lowest BCUT2D eigenvalue weighted by Gasteiger charge is -2.41. The molecular formula is C25H35F2N5OS. The summed E-state index contributed by atoms with van der Waals surface area (Å²) in [4.78, 5) is 11.4. The SMILES string of the molecule is CC.CC1CCN(CO)CC1C1=CC(C(F)F)=NC2N=CNN12.Cc1sc2ccccc2c1C. The van der Waals surface area contributed by atoms with Gasteiger partial charge in [-0.2, -0.15) is 0 Å². The number of hydrazine groups is 1. The number of nitrogens with one attached hydrogen (secondary N) is 1. The molecule has 0 radical (unpaired) electrons. The Morgan fingerprint density at radius 3 is 2.65 bits per heavy atom. The number of hydrogen-bond donors (Lipinski definition) is 2. The van der Waals surface area contributed by atoms with Gasteiger partial charge in [0.05, 0.1) is 6.73 Å². The molecule has 1 aromatic heterocycles. The second-order valence-electron chi connectivity index (χ2n) is 8.42. The van der Waals surface area contributed by atoms with Crippen LogP contribution in [-0.2, 0) is 0 Å². The van der Waals surface area contributed by atoms with Gasteiger partial charge in [0.1, 0.15) is 12.1 Å². The van der Waals surface area contributed by atoms with Gasteiger partial charge in [-0.05, 0) is 49.3 Å². The molecule has 2 N–H and O–H groups in total. The summed E-state index contributed by atoms with van der Waals surface area (Å²) in [6.45, 7) is 11.9. The molecular weight excluding hydrogens is 456 g/mol. The number of thiophene rings is 1. The maximum absolute atomic E-state index is 13.0. The monoisotopic (exact) mass is 491 g/mol. The van der Waals surface area contributed by atoms with E-state index in [0.717, 1.165) is 18.7 Å². The van der Waals surface area contributed by atoms with Crippen LogP contribution >= 0.6 is 11.3 Å². The number of likely N-dealkylation sites (tertiary alicyclic amines) is 1. The highest BCUT2D eigenvalue weighted by molar-refractivity contribution is 7.19. The number of nitrogens with zero attached hydrogens (tertiary/aromatic N) is 4. The summed E-state index contributed by atoms with van der Waals surface area (Å²) >= 11 is 1.88. The lowest BCUT2D eigenvalue weighted by Crippen LogP contribution is -2.49. The van der Waals surface area contributed by atoms with E-state index in [1.807, 2.05) is 30.1 Å². The van der Waals surface area contributed by atoms with Crippen molar-refractivity contribution in [1.29, 1.82) is 0 Å². The number of alkyl halides is 2. The zero-order chi connectivity index (χ0) is 24.8. The minimum Gasteiger partial charge on any atom is -0.381 e. The average Bonchev–Trinajstić information content (AvgIpc) is 3.45. The minimum absolute atomic E-state index is 0.0142. The zero-order valence-corrected chi connectivity index (χ0v) is 21.3. The number of aryl methyl sites for hydroxylation is 2. The Morgan fingerprint density at radius 1 is 1.24 bits per heavy atom. The molecule has 6 nitrogen and oxygen atoms in total. The Balaban J connectivity index is 0.000000209. The minimum atomic E-state index is -2.61. The van der Waals surface area contributed by atoms with E-state index in [1.54, 1.807) is 5.01 Å². The Morgan fingerprint density at radius 2 is 1.97 bits per heavy atom. The van der Waals surface area contributed by atoms with Crippen LogP contribution in [0.2, 0.25) is 0 Å². The normalized spacial score (nSPS) is 23.9. The highest BCUT2D eigenvalue weighted by Crippen LogP contribution is 2.34. The molecule has 2 aromatic rings. The van der Waals surface area contributed by atoms with Crippen LogP contribution in [0.5, 0.6) is 0 Å². The summed E-state index contributed by atoms with van der Waals surface area (Å²) in [6.07, 6.45) is 0.610. The topological polar surface area (TPSA) is 63.5 Å². The molecule has 3 atom stereocenters. The van der Waals surface area contributed by atoms with Crippen LogP contribution in [-0.4, -0.2) is 59.6 Å². The lowest BCUT2D eigenvalue weighted by atomic mass is 9.83. The number of allylic oxidation sites excluding steroid dienone is 1. The Bertz CT molecular complexity index is 1050. The van der Waals surface area contributed by atoms with E-state index in [1.165, 1.54) is 32.9 Å². The first-order chi connectivity index (χ1) is 16.4. The number of piperidine rings is 1. The number of aliphatic imine (C=N–C) groups is 2. The van der Waals surface area contributed by atoms with E-state index in [9.17, 15) is 13.9 Å². The quantitative estimate of drug-likeness (QED) is 0.622. The predicted octanol–water partition coefficient (Wildman–Crippen LogP) is 5.17. The van der Waals surface area contributed by atoms with Crippen molar-refractivity contribution in [3.8, 4) is 0 Å². The molecule has 0 amide bonds. The van der Waals surface area contributed by atoms with Gasteiger partial charge >= 0.3 is 0 Å². The second kappa shape index (κ2) is 11.9. The number of aliphatic hydroxyl groups excluding tert-OH is 1. The summed E-state index contributed by atoms with van der Waals surface area (Å²) < 4.78 is 27.5. The molecule has 9 heteroatoms. The molecule has 5 rings (SSSR count). The molecule has 1 fully saturated rings. The summed E-state index contributed by atoms with van der Waals surface area (Å²) in [5.74, 6) is 0.408. The van der Waals surface area contributed by atoms with Crippen molar-refractivity contribution >= 4 is 33.5 Å². The average molecular weight is 492 g/mol. The van der Waals surface area contributed by atoms with Crippen LogP contribution in [0.3, 0.4) is 0 Å². The molecule has 0 saturated carbocycles. The number of fused-ring (bicyclic) bond motifs is 2. The van der Waals surface area contributed by atoms with E-state index in [-0.39, 0.29) is 18.4 Å². The third-order valence-corrected chi connectivity index (χ3v) is 7.59. The van der Waals surface area contributed by atoms with Gasteiger partial charge in [0.15, 0.2) is 0 Å². The van der Waals surface area contributed by atoms with Crippen molar-refractivity contribution < 1.29 is 13.9 Å². The molecule has 0 aliphatic carbocycles. The lowest BCUT2D eigenvalue weighted by molar-refractivity contribution is 0.0425. The van der Waals surface area contributed by atoms with Crippen molar-refractivity contribution in [1.82, 2.24) is 15.3 Å². The number of rotatable bonds is 3. The fourth-order valence-corrected chi connectivity index (χ4v) is 5.41. The molecule has 1 aromatic carbocycles. The second-order valence-corrected chi connectivity index (χ2v) is 9.67. The number of benzene rings is 1. The summed E-state index contributed by atoms with van der Waals surface area (Å²) in [5, 5.41) is 12.5. The first kappa shape index (κ1) is 26.2. The van der Waals surface area contributed by atoms with Crippen molar-refractivity contribution in [3.05, 3.63) is 46.5 Å². The third kappa shape index (κ3) is 5.64. The molecule has 186 valence electrons. The van der Waals surface area contributed by atoms with Crippen molar-refractivity contribution in [2.24, 2.45) is 21.8 Å². The van der Waals surface area contributed by atoms with Crippen molar-refractivity contribution in [2.45, 2.75) is 53.8 Å². The van der Waals surface area contributed by atoms with E-state index in [4.69, 9.17) is 0 Å². The van der Waals surface area contributed by atoms with Gasteiger partial charge in [-0.25, -0.2) is 23.8 Å². The van der Waals surface area contributed by atoms with Gasteiger partial charge in [0.25, 0.3) is 6.43 Å². The standard InChI is InChI=1S/C13H19F2N5O.C10H10S.C2H6/c1-8-2-3-19(7-21)5-9(8)11-4-10(12(14)15)18-13-16-6-17-20(11)13;1-7-8(2)11-10-6-4-3-5-9(7)10;1-2/h4,6,8-9,12-13,21H,2-3,5,7H2,1H3,(H,16,17);3-6H,1-2H3;1-2H3. The molecule has 0 spiro atoms. The molecule has 4 heterocycles. The van der Waals surface area contributed by atoms with Crippen LogP contribution in [0.4, 0.5) is 8.78 Å². The van der Waals surface area contributed by atoms with Gasteiger partial charge in [-0.1, -0.05) is 39.0 Å². The van der Waals surface area contributed by atoms with Crippen LogP contribution in [0.1, 0.15) is 37.6 Å². The van der Waals surface area contributed by atoms with E-state index in [2.05, 4.69) is 60.4 Å². The first-order valence-electron chi connectivity index (χ1n) is 11.8. The van der Waals surface area contributed by atoms with Crippen molar-refractivity contribution in [2.75, 3.05) is 19.8 Å². The van der Waals surface area contributed by atoms with E-state index in [0.29, 0.717) is 12.5 Å². The van der Waals surface area contributed by atoms with Gasteiger partial charge in [0.2, 0.25) is 6.29 Å². The maximum atomic E-state index is 13.0. The van der Waals surface area contributed by atoms with Crippen LogP contribution in [0, 0.1) is 25.7 Å². The number of aliphatic hydroxyl groups is 1. The fourth-order valence-electron chi connectivity index (χ4n) is 4.34. The highest BCUT2D eigenvalue weighted by atomic mass is 32.1.